The Labute approximate surface area is 167 Å². The number of hydrogen-bond donors (Lipinski definition) is 1. The zero-order valence-corrected chi connectivity index (χ0v) is 17.9. The Balaban J connectivity index is 1.92. The van der Waals surface area contributed by atoms with E-state index in [1.165, 1.54) is 4.31 Å². The third kappa shape index (κ3) is 3.82. The van der Waals surface area contributed by atoms with Gasteiger partial charge in [0.1, 0.15) is 11.4 Å². The molecule has 0 unspecified atom stereocenters. The number of sulfonamides is 1. The summed E-state index contributed by atoms with van der Waals surface area (Å²) >= 11 is 0. The Morgan fingerprint density at radius 2 is 1.82 bits per heavy atom. The first kappa shape index (κ1) is 20.9. The first-order valence-corrected chi connectivity index (χ1v) is 11.1. The molecule has 1 N–H and O–H groups in total. The van der Waals surface area contributed by atoms with Gasteiger partial charge in [0.2, 0.25) is 10.0 Å². The smallest absolute Gasteiger partial charge is 0.338 e. The van der Waals surface area contributed by atoms with Crippen LogP contribution in [0.4, 0.5) is 0 Å². The van der Waals surface area contributed by atoms with Crippen molar-refractivity contribution in [3.8, 4) is 0 Å². The van der Waals surface area contributed by atoms with Crippen LogP contribution in [-0.2, 0) is 19.6 Å². The molecule has 0 saturated carbocycles. The molecule has 1 aromatic rings. The second-order valence-corrected chi connectivity index (χ2v) is 10.7. The third-order valence-electron chi connectivity index (χ3n) is 5.53. The zero-order valence-electron chi connectivity index (χ0n) is 17.1. The molecule has 154 valence electrons. The lowest BCUT2D eigenvalue weighted by Crippen LogP contribution is -2.53. The molecule has 0 radical (unpaired) electrons. The Hall–Kier alpha value is -1.86. The number of ether oxygens (including phenoxy) is 1. The number of aliphatic hydroxyl groups is 1. The fourth-order valence-corrected chi connectivity index (χ4v) is 5.80. The van der Waals surface area contributed by atoms with Crippen molar-refractivity contribution >= 4 is 16.0 Å². The van der Waals surface area contributed by atoms with Crippen LogP contribution in [0.3, 0.4) is 0 Å². The van der Waals surface area contributed by atoms with E-state index in [1.54, 1.807) is 52.0 Å². The number of carbonyl (C=O) groups is 1. The first-order chi connectivity index (χ1) is 12.9. The summed E-state index contributed by atoms with van der Waals surface area (Å²) in [5.41, 5.74) is 0.650. The van der Waals surface area contributed by atoms with Gasteiger partial charge in [0.15, 0.2) is 0 Å². The molecule has 6 nitrogen and oxygen atoms in total. The second kappa shape index (κ2) is 7.19. The van der Waals surface area contributed by atoms with E-state index in [0.29, 0.717) is 25.0 Å². The fourth-order valence-electron chi connectivity index (χ4n) is 4.08. The minimum Gasteiger partial charge on any atom is -0.511 e. The van der Waals surface area contributed by atoms with Crippen LogP contribution in [-0.4, -0.2) is 42.0 Å². The average Bonchev–Trinajstić information content (AvgIpc) is 2.58. The topological polar surface area (TPSA) is 83.9 Å². The fraction of sp³-hybridized carbons (Fsp3) is 0.571. The predicted molar refractivity (Wildman–Crippen MR) is 106 cm³/mol. The van der Waals surface area contributed by atoms with Crippen molar-refractivity contribution in [2.24, 2.45) is 11.8 Å². The molecule has 0 spiro atoms. The van der Waals surface area contributed by atoms with E-state index in [1.807, 2.05) is 6.92 Å². The molecule has 1 aromatic carbocycles. The van der Waals surface area contributed by atoms with Gasteiger partial charge in [-0.1, -0.05) is 24.6 Å². The number of nitrogens with zero attached hydrogens (tertiary/aromatic N) is 1. The highest BCUT2D eigenvalue weighted by atomic mass is 32.2. The van der Waals surface area contributed by atoms with Crippen molar-refractivity contribution in [1.29, 1.82) is 0 Å². The van der Waals surface area contributed by atoms with Crippen molar-refractivity contribution in [3.05, 3.63) is 41.2 Å². The summed E-state index contributed by atoms with van der Waals surface area (Å²) in [6.45, 7) is 9.35. The van der Waals surface area contributed by atoms with Crippen molar-refractivity contribution in [3.63, 3.8) is 0 Å². The van der Waals surface area contributed by atoms with Gasteiger partial charge in [-0.2, -0.15) is 4.31 Å². The van der Waals surface area contributed by atoms with Crippen LogP contribution in [0.1, 0.15) is 46.1 Å². The number of benzene rings is 1. The molecule has 3 atom stereocenters. The van der Waals surface area contributed by atoms with Gasteiger partial charge >= 0.3 is 5.97 Å². The quantitative estimate of drug-likeness (QED) is 0.775. The molecule has 28 heavy (non-hydrogen) atoms. The van der Waals surface area contributed by atoms with Crippen LogP contribution >= 0.6 is 0 Å². The minimum atomic E-state index is -3.67. The van der Waals surface area contributed by atoms with Gasteiger partial charge in [0.25, 0.3) is 0 Å². The maximum absolute atomic E-state index is 13.2. The van der Waals surface area contributed by atoms with Crippen LogP contribution in [0.5, 0.6) is 0 Å². The molecule has 0 aromatic heterocycles. The second-order valence-electron chi connectivity index (χ2n) is 8.81. The molecular formula is C21H29NO5S. The van der Waals surface area contributed by atoms with Gasteiger partial charge in [0, 0.05) is 18.5 Å². The summed E-state index contributed by atoms with van der Waals surface area (Å²) in [5.74, 6) is -1.21. The van der Waals surface area contributed by atoms with Crippen LogP contribution in [0, 0.1) is 18.8 Å². The molecule has 1 aliphatic carbocycles. The van der Waals surface area contributed by atoms with Gasteiger partial charge in [-0.25, -0.2) is 13.2 Å². The van der Waals surface area contributed by atoms with Crippen LogP contribution in [0.2, 0.25) is 0 Å². The maximum Gasteiger partial charge on any atom is 0.338 e. The number of carbonyl (C=O) groups excluding carboxylic acids is 1. The highest BCUT2D eigenvalue weighted by molar-refractivity contribution is 7.89. The van der Waals surface area contributed by atoms with Crippen molar-refractivity contribution < 1.29 is 23.1 Å². The van der Waals surface area contributed by atoms with Gasteiger partial charge in [-0.3, -0.25) is 0 Å². The number of aliphatic hydroxyl groups excluding tert-OH is 1. The average molecular weight is 408 g/mol. The van der Waals surface area contributed by atoms with E-state index in [4.69, 9.17) is 4.74 Å². The summed E-state index contributed by atoms with van der Waals surface area (Å²) in [5, 5.41) is 10.8. The summed E-state index contributed by atoms with van der Waals surface area (Å²) in [4.78, 5) is 12.9. The van der Waals surface area contributed by atoms with Gasteiger partial charge < -0.3 is 9.84 Å². The monoisotopic (exact) mass is 407 g/mol. The van der Waals surface area contributed by atoms with Crippen molar-refractivity contribution in [2.45, 2.75) is 64.0 Å². The molecule has 2 aliphatic rings. The SMILES string of the molecule is Cc1ccc(S(=O)(=O)N2CC[C@H]3C[C@@H]2[C@H](C)C(O)=C3C(=O)OC(C)(C)C)cc1. The third-order valence-corrected chi connectivity index (χ3v) is 7.47. The highest BCUT2D eigenvalue weighted by Gasteiger charge is 2.48. The number of esters is 1. The lowest BCUT2D eigenvalue weighted by Gasteiger charge is -2.45. The summed E-state index contributed by atoms with van der Waals surface area (Å²) in [7, 11) is -3.67. The number of aryl methyl sites for hydroxylation is 1. The highest BCUT2D eigenvalue weighted by Crippen LogP contribution is 2.43. The van der Waals surface area contributed by atoms with E-state index < -0.39 is 27.5 Å². The summed E-state index contributed by atoms with van der Waals surface area (Å²) < 4.78 is 33.3. The van der Waals surface area contributed by atoms with Gasteiger partial charge in [-0.15, -0.1) is 0 Å². The molecule has 0 amide bonds. The molecule has 1 saturated heterocycles. The predicted octanol–water partition coefficient (Wildman–Crippen LogP) is 3.57. The Morgan fingerprint density at radius 3 is 2.39 bits per heavy atom. The van der Waals surface area contributed by atoms with Crippen LogP contribution < -0.4 is 0 Å². The maximum atomic E-state index is 13.2. The molecule has 1 fully saturated rings. The van der Waals surface area contributed by atoms with Gasteiger partial charge in [-0.05, 0) is 58.6 Å². The summed E-state index contributed by atoms with van der Waals surface area (Å²) in [6, 6.07) is 6.42. The lowest BCUT2D eigenvalue weighted by molar-refractivity contribution is -0.151. The Kier molecular flexibility index (Phi) is 5.36. The molecule has 2 bridgehead atoms. The van der Waals surface area contributed by atoms with Crippen LogP contribution in [0.15, 0.2) is 40.5 Å². The lowest BCUT2D eigenvalue weighted by atomic mass is 9.74. The number of piperidine rings is 1. The van der Waals surface area contributed by atoms with Crippen LogP contribution in [0.25, 0.3) is 0 Å². The number of fused-ring (bicyclic) bond motifs is 2. The Morgan fingerprint density at radius 1 is 1.21 bits per heavy atom. The zero-order chi connectivity index (χ0) is 20.9. The minimum absolute atomic E-state index is 0.0423. The Bertz CT molecular complexity index is 896. The molecule has 1 heterocycles. The van der Waals surface area contributed by atoms with Crippen molar-refractivity contribution in [2.75, 3.05) is 6.54 Å². The number of hydrogen-bond acceptors (Lipinski definition) is 5. The van der Waals surface area contributed by atoms with E-state index in [-0.39, 0.29) is 22.6 Å². The summed E-state index contributed by atoms with van der Waals surface area (Å²) in [6.07, 6.45) is 0.984. The van der Waals surface area contributed by atoms with E-state index in [0.717, 1.165) is 5.56 Å². The molecule has 1 aliphatic heterocycles. The largest absolute Gasteiger partial charge is 0.511 e. The standard InChI is InChI=1S/C21H29NO5S/c1-13-6-8-16(9-7-13)28(25,26)22-11-10-15-12-17(22)14(2)19(23)18(15)20(24)27-21(3,4)5/h6-9,14-15,17,23H,10-12H2,1-5H3/t14-,15-,17+/m0/s1. The first-order valence-electron chi connectivity index (χ1n) is 9.66. The normalized spacial score (nSPS) is 26.2. The van der Waals surface area contributed by atoms with Crippen molar-refractivity contribution in [1.82, 2.24) is 4.31 Å². The molecular weight excluding hydrogens is 378 g/mol. The molecule has 7 heteroatoms. The van der Waals surface area contributed by atoms with Gasteiger partial charge in [0.05, 0.1) is 10.5 Å². The van der Waals surface area contributed by atoms with E-state index in [2.05, 4.69) is 0 Å². The van der Waals surface area contributed by atoms with E-state index >= 15 is 0 Å². The number of rotatable bonds is 3. The van der Waals surface area contributed by atoms with E-state index in [9.17, 15) is 18.3 Å². The molecule has 3 rings (SSSR count).